The number of sulfonamides is 1. The molecule has 0 spiro atoms. The van der Waals surface area contributed by atoms with Crippen molar-refractivity contribution in [2.45, 2.75) is 4.90 Å². The van der Waals surface area contributed by atoms with Gasteiger partial charge in [-0.05, 0) is 37.0 Å². The van der Waals surface area contributed by atoms with E-state index in [1.807, 2.05) is 6.07 Å². The number of rotatable bonds is 8. The van der Waals surface area contributed by atoms with Gasteiger partial charge in [0.05, 0.1) is 15.5 Å². The Morgan fingerprint density at radius 1 is 1.11 bits per heavy atom. The van der Waals surface area contributed by atoms with E-state index in [1.165, 1.54) is 0 Å². The number of fused-ring (bicyclic) bond motifs is 1. The Kier molecular flexibility index (Phi) is 7.56. The lowest BCUT2D eigenvalue weighted by atomic mass is 10.2. The Bertz CT molecular complexity index is 1520. The summed E-state index contributed by atoms with van der Waals surface area (Å²) in [5.41, 5.74) is 0.466. The predicted molar refractivity (Wildman–Crippen MR) is 146 cm³/mol. The van der Waals surface area contributed by atoms with Crippen LogP contribution in [-0.4, -0.2) is 85.7 Å². The van der Waals surface area contributed by atoms with Gasteiger partial charge in [-0.15, -0.1) is 0 Å². The summed E-state index contributed by atoms with van der Waals surface area (Å²) in [5.74, 6) is 0.508. The Labute approximate surface area is 224 Å². The van der Waals surface area contributed by atoms with E-state index < -0.39 is 21.2 Å². The molecule has 3 aromatic rings. The van der Waals surface area contributed by atoms with Crippen LogP contribution in [0.2, 0.25) is 0 Å². The number of nitrogens with one attached hydrogen (secondary N) is 3. The van der Waals surface area contributed by atoms with Crippen molar-refractivity contribution in [3.63, 3.8) is 0 Å². The lowest BCUT2D eigenvalue weighted by Crippen LogP contribution is -2.44. The number of carbonyl (C=O) groups excluding carboxylic acids is 2. The molecular formula is C24H26N8O4S2. The molecule has 0 unspecified atom stereocenters. The van der Waals surface area contributed by atoms with Crippen LogP contribution >= 0.6 is 11.8 Å². The van der Waals surface area contributed by atoms with Gasteiger partial charge in [0.25, 0.3) is 11.1 Å². The molecule has 2 aromatic heterocycles. The van der Waals surface area contributed by atoms with Crippen LogP contribution in [0.25, 0.3) is 16.8 Å². The summed E-state index contributed by atoms with van der Waals surface area (Å²) in [4.78, 5) is 41.5. The quantitative estimate of drug-likeness (QED) is 0.275. The number of carbonyl (C=O) groups is 2. The van der Waals surface area contributed by atoms with Crippen LogP contribution in [-0.2, 0) is 14.8 Å². The van der Waals surface area contributed by atoms with E-state index in [4.69, 9.17) is 0 Å². The van der Waals surface area contributed by atoms with Crippen molar-refractivity contribution in [1.29, 1.82) is 0 Å². The van der Waals surface area contributed by atoms with Crippen molar-refractivity contribution in [2.24, 2.45) is 0 Å². The predicted octanol–water partition coefficient (Wildman–Crippen LogP) is 1.49. The number of thioether (sulfide) groups is 1. The van der Waals surface area contributed by atoms with Crippen LogP contribution in [0.4, 0.5) is 16.6 Å². The lowest BCUT2D eigenvalue weighted by Gasteiger charge is -2.33. The number of aromatic nitrogens is 3. The first-order valence-electron chi connectivity index (χ1n) is 11.9. The largest absolute Gasteiger partial charge is 0.354 e. The van der Waals surface area contributed by atoms with E-state index in [0.717, 1.165) is 43.3 Å². The van der Waals surface area contributed by atoms with Gasteiger partial charge in [0.1, 0.15) is 5.82 Å². The summed E-state index contributed by atoms with van der Waals surface area (Å²) < 4.78 is 28.6. The van der Waals surface area contributed by atoms with Crippen LogP contribution in [0, 0.1) is 0 Å². The zero-order valence-electron chi connectivity index (χ0n) is 20.5. The Morgan fingerprint density at radius 2 is 1.92 bits per heavy atom. The molecule has 2 saturated heterocycles. The van der Waals surface area contributed by atoms with Crippen molar-refractivity contribution in [3.8, 4) is 0 Å². The molecule has 0 atom stereocenters. The molecule has 0 radical (unpaired) electrons. The molecule has 2 fully saturated rings. The zero-order valence-corrected chi connectivity index (χ0v) is 22.2. The molecule has 5 rings (SSSR count). The summed E-state index contributed by atoms with van der Waals surface area (Å²) in [7, 11) is -1.71. The third kappa shape index (κ3) is 5.93. The maximum absolute atomic E-state index is 13.0. The van der Waals surface area contributed by atoms with Crippen molar-refractivity contribution in [1.82, 2.24) is 29.9 Å². The van der Waals surface area contributed by atoms with Crippen molar-refractivity contribution < 1.29 is 18.0 Å². The number of piperazine rings is 1. The zero-order chi connectivity index (χ0) is 26.7. The van der Waals surface area contributed by atoms with E-state index in [2.05, 4.69) is 47.2 Å². The Hall–Kier alpha value is -3.59. The molecule has 2 aliphatic heterocycles. The van der Waals surface area contributed by atoms with Gasteiger partial charge in [0.15, 0.2) is 0 Å². The number of benzene rings is 1. The standard InChI is InChI=1S/C24H26N8O4S2/c1-31-9-11-32(12-10-31)21-14-17(13-19-22(33)30-24(34)37-19)28-23(29-21)26-7-8-27-38(35,36)20-4-2-3-16-15-25-6-5-18(16)20/h2-6,13-15,27H,7-12H2,1H3,(H,26,28,29)(H,30,33,34). The number of amides is 2. The maximum Gasteiger partial charge on any atom is 0.290 e. The van der Waals surface area contributed by atoms with Gasteiger partial charge in [-0.3, -0.25) is 19.9 Å². The van der Waals surface area contributed by atoms with Crippen molar-refractivity contribution in [2.75, 3.05) is 56.5 Å². The second-order valence-electron chi connectivity index (χ2n) is 8.79. The van der Waals surface area contributed by atoms with Crippen molar-refractivity contribution >= 4 is 61.5 Å². The van der Waals surface area contributed by atoms with E-state index >= 15 is 0 Å². The smallest absolute Gasteiger partial charge is 0.290 e. The number of nitrogens with zero attached hydrogens (tertiary/aromatic N) is 5. The molecule has 1 aromatic carbocycles. The minimum atomic E-state index is -3.77. The Morgan fingerprint density at radius 3 is 2.68 bits per heavy atom. The fourth-order valence-electron chi connectivity index (χ4n) is 4.12. The van der Waals surface area contributed by atoms with E-state index in [1.54, 1.807) is 42.7 Å². The molecule has 4 heterocycles. The van der Waals surface area contributed by atoms with Crippen LogP contribution in [0.3, 0.4) is 0 Å². The van der Waals surface area contributed by atoms with Gasteiger partial charge < -0.3 is 15.1 Å². The molecule has 3 N–H and O–H groups in total. The minimum absolute atomic E-state index is 0.0923. The molecule has 38 heavy (non-hydrogen) atoms. The monoisotopic (exact) mass is 554 g/mol. The highest BCUT2D eigenvalue weighted by Gasteiger charge is 2.26. The molecule has 2 aliphatic rings. The molecule has 2 amide bonds. The maximum atomic E-state index is 13.0. The number of hydrogen-bond acceptors (Lipinski definition) is 11. The first-order chi connectivity index (χ1) is 18.3. The van der Waals surface area contributed by atoms with Crippen LogP contribution in [0.1, 0.15) is 5.69 Å². The number of likely N-dealkylation sites (N-methyl/N-ethyl adjacent to an activating group) is 1. The second-order valence-corrected chi connectivity index (χ2v) is 11.5. The minimum Gasteiger partial charge on any atom is -0.354 e. The first kappa shape index (κ1) is 26.0. The third-order valence-corrected chi connectivity index (χ3v) is 8.44. The summed E-state index contributed by atoms with van der Waals surface area (Å²) in [6.07, 6.45) is 4.73. The van der Waals surface area contributed by atoms with Gasteiger partial charge in [-0.2, -0.15) is 4.98 Å². The number of imide groups is 1. The van der Waals surface area contributed by atoms with Crippen LogP contribution in [0.5, 0.6) is 0 Å². The highest BCUT2D eigenvalue weighted by Crippen LogP contribution is 2.27. The summed E-state index contributed by atoms with van der Waals surface area (Å²) in [6, 6.07) is 8.50. The SMILES string of the molecule is CN1CCN(c2cc(C=C3SC(=O)NC3=O)nc(NCCNS(=O)(=O)c3cccc4cnccc34)n2)CC1. The first-order valence-corrected chi connectivity index (χ1v) is 14.2. The van der Waals surface area contributed by atoms with E-state index in [0.29, 0.717) is 22.8 Å². The van der Waals surface area contributed by atoms with Crippen LogP contribution < -0.4 is 20.3 Å². The average molecular weight is 555 g/mol. The fourth-order valence-corrected chi connectivity index (χ4v) is 6.05. The highest BCUT2D eigenvalue weighted by molar-refractivity contribution is 8.18. The second kappa shape index (κ2) is 11.0. The van der Waals surface area contributed by atoms with Gasteiger partial charge in [-0.25, -0.2) is 18.1 Å². The van der Waals surface area contributed by atoms with Crippen molar-refractivity contribution in [3.05, 3.63) is 53.3 Å². The van der Waals surface area contributed by atoms with Gasteiger partial charge >= 0.3 is 0 Å². The average Bonchev–Trinajstić information content (AvgIpc) is 3.22. The topological polar surface area (TPSA) is 150 Å². The molecule has 0 aliphatic carbocycles. The fraction of sp³-hybridized carbons (Fsp3) is 0.292. The molecular weight excluding hydrogens is 528 g/mol. The molecule has 198 valence electrons. The number of anilines is 2. The molecule has 0 saturated carbocycles. The molecule has 12 nitrogen and oxygen atoms in total. The van der Waals surface area contributed by atoms with Gasteiger partial charge in [-0.1, -0.05) is 12.1 Å². The molecule has 14 heteroatoms. The Balaban J connectivity index is 1.31. The number of hydrogen-bond donors (Lipinski definition) is 3. The van der Waals surface area contributed by atoms with E-state index in [9.17, 15) is 18.0 Å². The molecule has 0 bridgehead atoms. The highest BCUT2D eigenvalue weighted by atomic mass is 32.2. The lowest BCUT2D eigenvalue weighted by molar-refractivity contribution is -0.115. The van der Waals surface area contributed by atoms with Gasteiger partial charge in [0, 0.05) is 68.5 Å². The third-order valence-electron chi connectivity index (χ3n) is 6.11. The summed E-state index contributed by atoms with van der Waals surface area (Å²) in [5, 5.41) is 6.22. The normalized spacial score (nSPS) is 17.8. The van der Waals surface area contributed by atoms with Gasteiger partial charge in [0.2, 0.25) is 16.0 Å². The summed E-state index contributed by atoms with van der Waals surface area (Å²) >= 11 is 0.819. The van der Waals surface area contributed by atoms with Crippen LogP contribution in [0.15, 0.2) is 52.5 Å². The number of pyridine rings is 1. The summed E-state index contributed by atoms with van der Waals surface area (Å²) in [6.45, 7) is 3.62. The van der Waals surface area contributed by atoms with E-state index in [-0.39, 0.29) is 22.9 Å².